The molecule has 1 heterocycles. The minimum absolute atomic E-state index is 0. The minimum atomic E-state index is -0.126. The molecule has 1 aliphatic rings. The first-order valence-corrected chi connectivity index (χ1v) is 7.37. The van der Waals surface area contributed by atoms with Gasteiger partial charge in [-0.1, -0.05) is 11.6 Å². The molecule has 1 fully saturated rings. The molecule has 1 aromatic rings. The van der Waals surface area contributed by atoms with Crippen LogP contribution in [0.25, 0.3) is 0 Å². The summed E-state index contributed by atoms with van der Waals surface area (Å²) >= 11 is 6.01. The summed E-state index contributed by atoms with van der Waals surface area (Å²) in [6.07, 6.45) is 2.13. The van der Waals surface area contributed by atoms with E-state index >= 15 is 0 Å². The Morgan fingerprint density at radius 3 is 2.86 bits per heavy atom. The number of hydrogen-bond acceptors (Lipinski definition) is 4. The van der Waals surface area contributed by atoms with E-state index in [1.54, 1.807) is 24.1 Å². The highest BCUT2D eigenvalue weighted by Crippen LogP contribution is 2.30. The minimum Gasteiger partial charge on any atom is -0.496 e. The van der Waals surface area contributed by atoms with Gasteiger partial charge in [-0.2, -0.15) is 0 Å². The maximum Gasteiger partial charge on any atom is 0.257 e. The van der Waals surface area contributed by atoms with Crippen LogP contribution in [-0.4, -0.2) is 44.7 Å². The number of nitrogens with zero attached hydrogens (tertiary/aromatic N) is 1. The lowest BCUT2D eigenvalue weighted by atomic mass is 10.0. The van der Waals surface area contributed by atoms with E-state index in [1.165, 1.54) is 7.11 Å². The van der Waals surface area contributed by atoms with Crippen LogP contribution < -0.4 is 10.5 Å². The Hall–Kier alpha value is -1.17. The molecule has 5 nitrogen and oxygen atoms in total. The van der Waals surface area contributed by atoms with Crippen molar-refractivity contribution in [3.63, 3.8) is 0 Å². The smallest absolute Gasteiger partial charge is 0.257 e. The van der Waals surface area contributed by atoms with Crippen LogP contribution in [0.15, 0.2) is 12.1 Å². The second-order valence-corrected chi connectivity index (χ2v) is 5.75. The van der Waals surface area contributed by atoms with Gasteiger partial charge in [-0.3, -0.25) is 4.79 Å². The Balaban J connectivity index is 0.00000242. The zero-order valence-corrected chi connectivity index (χ0v) is 14.4. The van der Waals surface area contributed by atoms with Crippen LogP contribution in [0.4, 0.5) is 5.69 Å². The Kier molecular flexibility index (Phi) is 7.26. The van der Waals surface area contributed by atoms with Gasteiger partial charge in [0, 0.05) is 26.3 Å². The molecular weight excluding hydrogens is 327 g/mol. The first-order valence-electron chi connectivity index (χ1n) is 6.99. The summed E-state index contributed by atoms with van der Waals surface area (Å²) in [5, 5.41) is 0.355. The number of ether oxygens (including phenoxy) is 2. The lowest BCUT2D eigenvalue weighted by molar-refractivity contribution is 0.0387. The highest BCUT2D eigenvalue weighted by Gasteiger charge is 2.22. The molecule has 0 radical (unpaired) electrons. The lowest BCUT2D eigenvalue weighted by Gasteiger charge is -2.27. The van der Waals surface area contributed by atoms with Crippen LogP contribution in [0.3, 0.4) is 0 Å². The van der Waals surface area contributed by atoms with Gasteiger partial charge in [0.05, 0.1) is 30.0 Å². The summed E-state index contributed by atoms with van der Waals surface area (Å²) in [5.41, 5.74) is 6.56. The zero-order valence-electron chi connectivity index (χ0n) is 12.8. The summed E-state index contributed by atoms with van der Waals surface area (Å²) < 4.78 is 10.7. The summed E-state index contributed by atoms with van der Waals surface area (Å²) in [5.74, 6) is 0.691. The molecule has 1 unspecified atom stereocenters. The van der Waals surface area contributed by atoms with E-state index in [1.807, 2.05) is 0 Å². The second-order valence-electron chi connectivity index (χ2n) is 5.34. The summed E-state index contributed by atoms with van der Waals surface area (Å²) in [6, 6.07) is 3.14. The van der Waals surface area contributed by atoms with Gasteiger partial charge >= 0.3 is 0 Å². The molecule has 1 atom stereocenters. The van der Waals surface area contributed by atoms with Crippen molar-refractivity contribution >= 4 is 35.6 Å². The van der Waals surface area contributed by atoms with E-state index in [2.05, 4.69) is 0 Å². The molecule has 2 rings (SSSR count). The van der Waals surface area contributed by atoms with E-state index in [9.17, 15) is 4.79 Å². The van der Waals surface area contributed by atoms with Gasteiger partial charge in [0.25, 0.3) is 5.91 Å². The average Bonchev–Trinajstić information content (AvgIpc) is 2.49. The third kappa shape index (κ3) is 4.41. The van der Waals surface area contributed by atoms with Crippen molar-refractivity contribution in [1.29, 1.82) is 0 Å². The quantitative estimate of drug-likeness (QED) is 0.849. The van der Waals surface area contributed by atoms with Crippen molar-refractivity contribution in [2.75, 3.05) is 39.6 Å². The predicted molar refractivity (Wildman–Crippen MR) is 90.2 cm³/mol. The van der Waals surface area contributed by atoms with Crippen LogP contribution >= 0.6 is 24.0 Å². The standard InChI is InChI=1S/C15H21ClN2O3.ClH/c1-18(8-10-4-3-5-21-9-10)15(19)11-6-12(16)13(17)7-14(11)20-2;/h6-7,10H,3-5,8-9,17H2,1-2H3;1H. The molecule has 124 valence electrons. The van der Waals surface area contributed by atoms with Crippen LogP contribution in [0, 0.1) is 5.92 Å². The Bertz CT molecular complexity index is 520. The number of nitrogens with two attached hydrogens (primary N) is 1. The molecule has 7 heteroatoms. The van der Waals surface area contributed by atoms with Crippen molar-refractivity contribution in [2.45, 2.75) is 12.8 Å². The number of carbonyl (C=O) groups is 1. The fraction of sp³-hybridized carbons (Fsp3) is 0.533. The molecular formula is C15H22Cl2N2O3. The van der Waals surface area contributed by atoms with Gasteiger partial charge in [-0.25, -0.2) is 0 Å². The molecule has 22 heavy (non-hydrogen) atoms. The fourth-order valence-electron chi connectivity index (χ4n) is 2.53. The molecule has 1 saturated heterocycles. The lowest BCUT2D eigenvalue weighted by Crippen LogP contribution is -2.35. The van der Waals surface area contributed by atoms with Crippen LogP contribution in [-0.2, 0) is 4.74 Å². The van der Waals surface area contributed by atoms with Gasteiger partial charge in [0.15, 0.2) is 0 Å². The third-order valence-electron chi connectivity index (χ3n) is 3.68. The normalized spacial score (nSPS) is 17.5. The van der Waals surface area contributed by atoms with Crippen molar-refractivity contribution in [2.24, 2.45) is 5.92 Å². The van der Waals surface area contributed by atoms with E-state index in [0.29, 0.717) is 41.1 Å². The number of anilines is 1. The number of benzene rings is 1. The van der Waals surface area contributed by atoms with E-state index < -0.39 is 0 Å². The van der Waals surface area contributed by atoms with Crippen LogP contribution in [0.1, 0.15) is 23.2 Å². The van der Waals surface area contributed by atoms with Crippen LogP contribution in [0.5, 0.6) is 5.75 Å². The summed E-state index contributed by atoms with van der Waals surface area (Å²) in [7, 11) is 3.29. The maximum absolute atomic E-state index is 12.6. The summed E-state index contributed by atoms with van der Waals surface area (Å²) in [6.45, 7) is 2.18. The number of amides is 1. The number of rotatable bonds is 4. The largest absolute Gasteiger partial charge is 0.496 e. The van der Waals surface area contributed by atoms with Gasteiger partial charge in [-0.15, -0.1) is 12.4 Å². The number of carbonyl (C=O) groups excluding carboxylic acids is 1. The number of nitrogen functional groups attached to an aromatic ring is 1. The maximum atomic E-state index is 12.6. The van der Waals surface area contributed by atoms with Crippen LogP contribution in [0.2, 0.25) is 5.02 Å². The molecule has 2 N–H and O–H groups in total. The monoisotopic (exact) mass is 348 g/mol. The number of methoxy groups -OCH3 is 1. The van der Waals surface area contributed by atoms with E-state index in [0.717, 1.165) is 19.4 Å². The van der Waals surface area contributed by atoms with Gasteiger partial charge < -0.3 is 20.1 Å². The molecule has 0 aliphatic carbocycles. The fourth-order valence-corrected chi connectivity index (χ4v) is 2.70. The van der Waals surface area contributed by atoms with E-state index in [4.69, 9.17) is 26.8 Å². The second kappa shape index (κ2) is 8.46. The molecule has 0 saturated carbocycles. The molecule has 0 aromatic heterocycles. The number of hydrogen-bond donors (Lipinski definition) is 1. The van der Waals surface area contributed by atoms with Crippen molar-refractivity contribution in [1.82, 2.24) is 4.90 Å². The highest BCUT2D eigenvalue weighted by atomic mass is 35.5. The topological polar surface area (TPSA) is 64.8 Å². The highest BCUT2D eigenvalue weighted by molar-refractivity contribution is 6.33. The summed E-state index contributed by atoms with van der Waals surface area (Å²) in [4.78, 5) is 14.3. The van der Waals surface area contributed by atoms with Gasteiger partial charge in [0.2, 0.25) is 0 Å². The predicted octanol–water partition coefficient (Wildman–Crippen LogP) is 2.85. The first kappa shape index (κ1) is 18.9. The van der Waals surface area contributed by atoms with Crippen molar-refractivity contribution in [3.05, 3.63) is 22.7 Å². The molecule has 1 amide bonds. The number of halogens is 2. The Labute approximate surface area is 142 Å². The van der Waals surface area contributed by atoms with Gasteiger partial charge in [0.1, 0.15) is 5.75 Å². The van der Waals surface area contributed by atoms with Crippen molar-refractivity contribution in [3.8, 4) is 5.75 Å². The molecule has 0 bridgehead atoms. The van der Waals surface area contributed by atoms with Crippen molar-refractivity contribution < 1.29 is 14.3 Å². The molecule has 0 spiro atoms. The molecule has 1 aromatic carbocycles. The zero-order chi connectivity index (χ0) is 15.4. The SMILES string of the molecule is COc1cc(N)c(Cl)cc1C(=O)N(C)CC1CCCOC1.Cl. The first-order chi connectivity index (χ1) is 10.0. The third-order valence-corrected chi connectivity index (χ3v) is 4.01. The Morgan fingerprint density at radius 2 is 2.27 bits per heavy atom. The Morgan fingerprint density at radius 1 is 1.55 bits per heavy atom. The van der Waals surface area contributed by atoms with E-state index in [-0.39, 0.29) is 18.3 Å². The average molecular weight is 349 g/mol. The van der Waals surface area contributed by atoms with Gasteiger partial charge in [-0.05, 0) is 24.8 Å². The molecule has 1 aliphatic heterocycles.